The van der Waals surface area contributed by atoms with Crippen molar-refractivity contribution in [1.29, 1.82) is 0 Å². The van der Waals surface area contributed by atoms with Crippen LogP contribution in [0.5, 0.6) is 0 Å². The highest BCUT2D eigenvalue weighted by Gasteiger charge is 2.06. The Labute approximate surface area is 100.0 Å². The summed E-state index contributed by atoms with van der Waals surface area (Å²) in [4.78, 5) is 21.4. The molecule has 0 aliphatic carbocycles. The summed E-state index contributed by atoms with van der Waals surface area (Å²) in [7, 11) is 0. The van der Waals surface area contributed by atoms with Gasteiger partial charge in [-0.15, -0.1) is 0 Å². The Morgan fingerprint density at radius 2 is 2.00 bits per heavy atom. The highest BCUT2D eigenvalue weighted by Crippen LogP contribution is 2.12. The summed E-state index contributed by atoms with van der Waals surface area (Å²) in [5.41, 5.74) is 0.824. The Kier molecular flexibility index (Phi) is 5.13. The maximum absolute atomic E-state index is 11.5. The lowest BCUT2D eigenvalue weighted by Crippen LogP contribution is -2.25. The molecule has 5 heteroatoms. The number of amides is 1. The maximum Gasteiger partial charge on any atom is 0.269 e. The van der Waals surface area contributed by atoms with Crippen molar-refractivity contribution < 1.29 is 9.72 Å². The molecule has 0 atom stereocenters. The van der Waals surface area contributed by atoms with E-state index in [1.165, 1.54) is 12.1 Å². The van der Waals surface area contributed by atoms with Crippen LogP contribution < -0.4 is 5.32 Å². The van der Waals surface area contributed by atoms with E-state index in [0.717, 1.165) is 18.4 Å². The van der Waals surface area contributed by atoms with Crippen molar-refractivity contribution >= 4 is 11.6 Å². The Morgan fingerprint density at radius 3 is 2.53 bits per heavy atom. The topological polar surface area (TPSA) is 72.2 Å². The van der Waals surface area contributed by atoms with Gasteiger partial charge in [-0.05, 0) is 12.0 Å². The molecule has 0 heterocycles. The smallest absolute Gasteiger partial charge is 0.269 e. The molecule has 1 rings (SSSR count). The van der Waals surface area contributed by atoms with Gasteiger partial charge < -0.3 is 5.32 Å². The normalized spacial score (nSPS) is 9.94. The first-order valence-corrected chi connectivity index (χ1v) is 5.63. The molecule has 0 aliphatic rings. The van der Waals surface area contributed by atoms with E-state index in [1.807, 2.05) is 0 Å². The predicted molar refractivity (Wildman–Crippen MR) is 64.7 cm³/mol. The quantitative estimate of drug-likeness (QED) is 0.466. The van der Waals surface area contributed by atoms with Gasteiger partial charge in [0.2, 0.25) is 5.91 Å². The van der Waals surface area contributed by atoms with Crippen LogP contribution in [0.1, 0.15) is 25.3 Å². The number of nitro groups is 1. The number of benzene rings is 1. The third kappa shape index (κ3) is 4.63. The fraction of sp³-hybridized carbons (Fsp3) is 0.417. The van der Waals surface area contributed by atoms with Crippen molar-refractivity contribution in [2.45, 2.75) is 26.2 Å². The molecule has 0 fully saturated rings. The predicted octanol–water partition coefficient (Wildman–Crippen LogP) is 2.05. The molecule has 0 radical (unpaired) electrons. The minimum Gasteiger partial charge on any atom is -0.356 e. The highest BCUT2D eigenvalue weighted by atomic mass is 16.6. The SMILES string of the molecule is CCCCNC(=O)Cc1ccc([N+](=O)[O-])cc1. The number of rotatable bonds is 6. The van der Waals surface area contributed by atoms with Crippen molar-refractivity contribution in [2.75, 3.05) is 6.54 Å². The van der Waals surface area contributed by atoms with Gasteiger partial charge in [-0.3, -0.25) is 14.9 Å². The van der Waals surface area contributed by atoms with E-state index in [4.69, 9.17) is 0 Å². The molecular weight excluding hydrogens is 220 g/mol. The summed E-state index contributed by atoms with van der Waals surface area (Å²) in [5, 5.41) is 13.2. The zero-order valence-corrected chi connectivity index (χ0v) is 9.81. The molecule has 0 saturated carbocycles. The van der Waals surface area contributed by atoms with Crippen LogP contribution in [-0.2, 0) is 11.2 Å². The number of hydrogen-bond acceptors (Lipinski definition) is 3. The summed E-state index contributed by atoms with van der Waals surface area (Å²) in [6, 6.07) is 6.04. The third-order valence-corrected chi connectivity index (χ3v) is 2.36. The molecule has 17 heavy (non-hydrogen) atoms. The first kappa shape index (κ1) is 13.2. The van der Waals surface area contributed by atoms with E-state index in [9.17, 15) is 14.9 Å². The molecule has 0 saturated heterocycles. The minimum absolute atomic E-state index is 0.0418. The Bertz CT molecular complexity index is 387. The zero-order chi connectivity index (χ0) is 12.7. The van der Waals surface area contributed by atoms with Crippen LogP contribution in [0.3, 0.4) is 0 Å². The van der Waals surface area contributed by atoms with E-state index >= 15 is 0 Å². The fourth-order valence-corrected chi connectivity index (χ4v) is 1.39. The van der Waals surface area contributed by atoms with Gasteiger partial charge in [0, 0.05) is 18.7 Å². The Hall–Kier alpha value is -1.91. The second-order valence-corrected chi connectivity index (χ2v) is 3.80. The fourth-order valence-electron chi connectivity index (χ4n) is 1.39. The van der Waals surface area contributed by atoms with Gasteiger partial charge in [-0.25, -0.2) is 0 Å². The number of nitrogens with zero attached hydrogens (tertiary/aromatic N) is 1. The summed E-state index contributed by atoms with van der Waals surface area (Å²) in [6.45, 7) is 2.74. The van der Waals surface area contributed by atoms with E-state index < -0.39 is 4.92 Å². The largest absolute Gasteiger partial charge is 0.356 e. The van der Waals surface area contributed by atoms with Crippen LogP contribution in [0.4, 0.5) is 5.69 Å². The zero-order valence-electron chi connectivity index (χ0n) is 9.81. The summed E-state index contributed by atoms with van der Waals surface area (Å²) in [5.74, 6) is -0.0488. The highest BCUT2D eigenvalue weighted by molar-refractivity contribution is 5.78. The molecule has 1 aromatic rings. The van der Waals surface area contributed by atoms with Crippen LogP contribution >= 0.6 is 0 Å². The second-order valence-electron chi connectivity index (χ2n) is 3.80. The van der Waals surface area contributed by atoms with Gasteiger partial charge in [0.25, 0.3) is 5.69 Å². The number of unbranched alkanes of at least 4 members (excludes halogenated alkanes) is 1. The van der Waals surface area contributed by atoms with Crippen molar-refractivity contribution in [1.82, 2.24) is 5.32 Å². The molecule has 0 aromatic heterocycles. The van der Waals surface area contributed by atoms with Crippen LogP contribution in [0.15, 0.2) is 24.3 Å². The summed E-state index contributed by atoms with van der Waals surface area (Å²) >= 11 is 0. The molecule has 92 valence electrons. The van der Waals surface area contributed by atoms with Gasteiger partial charge in [0.1, 0.15) is 0 Å². The molecule has 5 nitrogen and oxygen atoms in total. The molecule has 1 amide bonds. The first-order chi connectivity index (χ1) is 8.13. The van der Waals surface area contributed by atoms with E-state index in [0.29, 0.717) is 6.54 Å². The van der Waals surface area contributed by atoms with Gasteiger partial charge in [0.05, 0.1) is 11.3 Å². The second kappa shape index (κ2) is 6.62. The van der Waals surface area contributed by atoms with Crippen molar-refractivity contribution in [2.24, 2.45) is 0 Å². The molecule has 0 bridgehead atoms. The standard InChI is InChI=1S/C12H16N2O3/c1-2-3-8-13-12(15)9-10-4-6-11(7-5-10)14(16)17/h4-7H,2-3,8-9H2,1H3,(H,13,15). The summed E-state index contributed by atoms with van der Waals surface area (Å²) < 4.78 is 0. The van der Waals surface area contributed by atoms with Gasteiger partial charge in [0.15, 0.2) is 0 Å². The molecule has 0 unspecified atom stereocenters. The number of nitro benzene ring substituents is 1. The Balaban J connectivity index is 2.46. The monoisotopic (exact) mass is 236 g/mol. The average molecular weight is 236 g/mol. The number of carbonyl (C=O) groups is 1. The maximum atomic E-state index is 11.5. The third-order valence-electron chi connectivity index (χ3n) is 2.36. The van der Waals surface area contributed by atoms with Crippen LogP contribution in [0.25, 0.3) is 0 Å². The number of nitrogens with one attached hydrogen (secondary N) is 1. The van der Waals surface area contributed by atoms with E-state index in [2.05, 4.69) is 12.2 Å². The number of hydrogen-bond donors (Lipinski definition) is 1. The molecule has 1 N–H and O–H groups in total. The lowest BCUT2D eigenvalue weighted by Gasteiger charge is -2.04. The minimum atomic E-state index is -0.453. The van der Waals surface area contributed by atoms with E-state index in [-0.39, 0.29) is 18.0 Å². The lowest BCUT2D eigenvalue weighted by atomic mass is 10.1. The van der Waals surface area contributed by atoms with Gasteiger partial charge in [-0.2, -0.15) is 0 Å². The molecule has 0 spiro atoms. The van der Waals surface area contributed by atoms with E-state index in [1.54, 1.807) is 12.1 Å². The van der Waals surface area contributed by atoms with Crippen molar-refractivity contribution in [3.63, 3.8) is 0 Å². The lowest BCUT2D eigenvalue weighted by molar-refractivity contribution is -0.384. The molecule has 0 aliphatic heterocycles. The van der Waals surface area contributed by atoms with Crippen LogP contribution in [-0.4, -0.2) is 17.4 Å². The first-order valence-electron chi connectivity index (χ1n) is 5.63. The van der Waals surface area contributed by atoms with Crippen molar-refractivity contribution in [3.8, 4) is 0 Å². The number of carbonyl (C=O) groups excluding carboxylic acids is 1. The molecular formula is C12H16N2O3. The van der Waals surface area contributed by atoms with Gasteiger partial charge in [-0.1, -0.05) is 25.5 Å². The van der Waals surface area contributed by atoms with Gasteiger partial charge >= 0.3 is 0 Å². The summed E-state index contributed by atoms with van der Waals surface area (Å²) in [6.07, 6.45) is 2.27. The van der Waals surface area contributed by atoms with Crippen molar-refractivity contribution in [3.05, 3.63) is 39.9 Å². The number of non-ortho nitro benzene ring substituents is 1. The van der Waals surface area contributed by atoms with Crippen LogP contribution in [0.2, 0.25) is 0 Å². The Morgan fingerprint density at radius 1 is 1.35 bits per heavy atom. The molecule has 1 aromatic carbocycles. The average Bonchev–Trinajstić information content (AvgIpc) is 2.30. The van der Waals surface area contributed by atoms with Crippen LogP contribution in [0, 0.1) is 10.1 Å².